The molecule has 0 spiro atoms. The summed E-state index contributed by atoms with van der Waals surface area (Å²) in [7, 11) is 0. The second-order valence-electron chi connectivity index (χ2n) is 3.03. The Morgan fingerprint density at radius 1 is 1.13 bits per heavy atom. The van der Waals surface area contributed by atoms with Crippen LogP contribution in [-0.2, 0) is 4.79 Å². The van der Waals surface area contributed by atoms with Crippen molar-refractivity contribution in [1.29, 1.82) is 0 Å². The number of hydrogen-bond donors (Lipinski definition) is 3. The average Bonchev–Trinajstić information content (AvgIpc) is 2.49. The highest BCUT2D eigenvalue weighted by Gasteiger charge is 2.22. The van der Waals surface area contributed by atoms with Gasteiger partial charge in [-0.1, -0.05) is 18.2 Å². The van der Waals surface area contributed by atoms with Crippen molar-refractivity contribution in [3.8, 4) is 5.75 Å². The third-order valence-corrected chi connectivity index (χ3v) is 1.96. The van der Waals surface area contributed by atoms with E-state index in [1.54, 1.807) is 18.2 Å². The second kappa shape index (κ2) is 3.45. The van der Waals surface area contributed by atoms with Gasteiger partial charge in [-0.05, 0) is 12.1 Å². The van der Waals surface area contributed by atoms with E-state index in [1.165, 1.54) is 12.1 Å². The summed E-state index contributed by atoms with van der Waals surface area (Å²) in [6.45, 7) is 0. The molecule has 1 aliphatic heterocycles. The first-order chi connectivity index (χ1) is 7.16. The maximum Gasteiger partial charge on any atom is 0.326 e. The summed E-state index contributed by atoms with van der Waals surface area (Å²) in [4.78, 5) is 21.9. The van der Waals surface area contributed by atoms with E-state index in [9.17, 15) is 14.7 Å². The van der Waals surface area contributed by atoms with Gasteiger partial charge in [0.15, 0.2) is 0 Å². The number of phenolic OH excluding ortho intramolecular Hbond substituents is 1. The monoisotopic (exact) mass is 204 g/mol. The number of carbonyl (C=O) groups is 2. The molecule has 0 radical (unpaired) electrons. The minimum atomic E-state index is -0.554. The summed E-state index contributed by atoms with van der Waals surface area (Å²) in [6.07, 6.45) is 1.41. The maximum atomic E-state index is 11.2. The van der Waals surface area contributed by atoms with Gasteiger partial charge in [0.25, 0.3) is 5.91 Å². The Morgan fingerprint density at radius 2 is 1.87 bits per heavy atom. The van der Waals surface area contributed by atoms with Gasteiger partial charge in [-0.25, -0.2) is 4.79 Å². The van der Waals surface area contributed by atoms with E-state index < -0.39 is 11.9 Å². The first-order valence-corrected chi connectivity index (χ1v) is 4.29. The zero-order chi connectivity index (χ0) is 10.8. The highest BCUT2D eigenvalue weighted by atomic mass is 16.3. The van der Waals surface area contributed by atoms with Crippen LogP contribution in [0.3, 0.4) is 0 Å². The van der Waals surface area contributed by atoms with E-state index in [2.05, 4.69) is 10.6 Å². The molecular formula is C10H8N2O3. The lowest BCUT2D eigenvalue weighted by atomic mass is 10.1. The predicted octanol–water partition coefficient (Wildman–Crippen LogP) is 0.572. The van der Waals surface area contributed by atoms with Crippen LogP contribution in [0.15, 0.2) is 30.0 Å². The van der Waals surface area contributed by atoms with Gasteiger partial charge in [-0.2, -0.15) is 0 Å². The van der Waals surface area contributed by atoms with Gasteiger partial charge in [-0.3, -0.25) is 10.1 Å². The van der Waals surface area contributed by atoms with Crippen LogP contribution in [0.5, 0.6) is 5.75 Å². The lowest BCUT2D eigenvalue weighted by Crippen LogP contribution is -2.22. The van der Waals surface area contributed by atoms with Crippen LogP contribution in [-0.4, -0.2) is 17.0 Å². The number of urea groups is 1. The van der Waals surface area contributed by atoms with Gasteiger partial charge in [0, 0.05) is 5.56 Å². The molecule has 0 unspecified atom stereocenters. The number of imide groups is 1. The molecule has 0 aromatic heterocycles. The number of benzene rings is 1. The highest BCUT2D eigenvalue weighted by Crippen LogP contribution is 2.18. The number of carbonyl (C=O) groups excluding carboxylic acids is 2. The normalized spacial score (nSPS) is 17.7. The summed E-state index contributed by atoms with van der Waals surface area (Å²) < 4.78 is 0. The maximum absolute atomic E-state index is 11.2. The average molecular weight is 204 g/mol. The molecule has 5 nitrogen and oxygen atoms in total. The number of nitrogens with one attached hydrogen (secondary N) is 2. The molecule has 1 saturated heterocycles. The summed E-state index contributed by atoms with van der Waals surface area (Å²) in [5, 5.41) is 13.8. The van der Waals surface area contributed by atoms with Gasteiger partial charge in [0.05, 0.1) is 0 Å². The van der Waals surface area contributed by atoms with Crippen molar-refractivity contribution in [2.24, 2.45) is 0 Å². The Bertz CT molecular complexity index is 465. The van der Waals surface area contributed by atoms with Crippen molar-refractivity contribution < 1.29 is 14.7 Å². The number of rotatable bonds is 1. The molecule has 3 N–H and O–H groups in total. The van der Waals surface area contributed by atoms with E-state index in [4.69, 9.17) is 0 Å². The highest BCUT2D eigenvalue weighted by molar-refractivity contribution is 6.14. The third kappa shape index (κ3) is 1.80. The van der Waals surface area contributed by atoms with Gasteiger partial charge < -0.3 is 10.4 Å². The lowest BCUT2D eigenvalue weighted by molar-refractivity contribution is -0.115. The first-order valence-electron chi connectivity index (χ1n) is 4.29. The van der Waals surface area contributed by atoms with E-state index >= 15 is 0 Å². The zero-order valence-electron chi connectivity index (χ0n) is 7.65. The van der Waals surface area contributed by atoms with Crippen LogP contribution in [0.25, 0.3) is 6.08 Å². The molecule has 1 aliphatic rings. The SMILES string of the molecule is O=C1NC(=O)C(=Cc2ccccc2O)N1. The van der Waals surface area contributed by atoms with E-state index in [0.717, 1.165) is 0 Å². The zero-order valence-corrected chi connectivity index (χ0v) is 7.65. The summed E-state index contributed by atoms with van der Waals surface area (Å²) in [5.41, 5.74) is 0.603. The Balaban J connectivity index is 2.35. The van der Waals surface area contributed by atoms with Crippen molar-refractivity contribution in [1.82, 2.24) is 10.6 Å². The van der Waals surface area contributed by atoms with Crippen molar-refractivity contribution in [3.05, 3.63) is 35.5 Å². The van der Waals surface area contributed by atoms with Crippen molar-refractivity contribution in [2.75, 3.05) is 0 Å². The quantitative estimate of drug-likeness (QED) is 0.462. The molecule has 3 amide bonds. The minimum absolute atomic E-state index is 0.0546. The number of amides is 3. The van der Waals surface area contributed by atoms with Crippen LogP contribution in [0, 0.1) is 0 Å². The van der Waals surface area contributed by atoms with Crippen molar-refractivity contribution in [3.63, 3.8) is 0 Å². The van der Waals surface area contributed by atoms with Crippen LogP contribution < -0.4 is 10.6 Å². The molecule has 1 fully saturated rings. The van der Waals surface area contributed by atoms with Gasteiger partial charge in [-0.15, -0.1) is 0 Å². The molecule has 15 heavy (non-hydrogen) atoms. The van der Waals surface area contributed by atoms with Gasteiger partial charge in [0.2, 0.25) is 0 Å². The number of para-hydroxylation sites is 1. The largest absolute Gasteiger partial charge is 0.507 e. The lowest BCUT2D eigenvalue weighted by Gasteiger charge is -1.98. The smallest absolute Gasteiger partial charge is 0.326 e. The standard InChI is InChI=1S/C10H8N2O3/c13-8-4-2-1-3-6(8)5-7-9(14)12-10(15)11-7/h1-5,13H,(H2,11,12,14,15). The van der Waals surface area contributed by atoms with Crippen molar-refractivity contribution in [2.45, 2.75) is 0 Å². The molecule has 2 rings (SSSR count). The Hall–Kier alpha value is -2.30. The molecule has 5 heteroatoms. The third-order valence-electron chi connectivity index (χ3n) is 1.96. The van der Waals surface area contributed by atoms with Crippen molar-refractivity contribution >= 4 is 18.0 Å². The van der Waals surface area contributed by atoms with Crippen LogP contribution >= 0.6 is 0 Å². The predicted molar refractivity (Wildman–Crippen MR) is 52.8 cm³/mol. The molecule has 1 aromatic rings. The minimum Gasteiger partial charge on any atom is -0.507 e. The molecule has 0 atom stereocenters. The molecule has 1 aromatic carbocycles. The fourth-order valence-electron chi connectivity index (χ4n) is 1.25. The number of hydrogen-bond acceptors (Lipinski definition) is 3. The molecule has 0 saturated carbocycles. The fourth-order valence-corrected chi connectivity index (χ4v) is 1.25. The number of aromatic hydroxyl groups is 1. The van der Waals surface area contributed by atoms with Gasteiger partial charge >= 0.3 is 6.03 Å². The molecule has 76 valence electrons. The van der Waals surface area contributed by atoms with E-state index in [0.29, 0.717) is 5.56 Å². The van der Waals surface area contributed by atoms with Crippen LogP contribution in [0.1, 0.15) is 5.56 Å². The topological polar surface area (TPSA) is 78.4 Å². The summed E-state index contributed by atoms with van der Waals surface area (Å²) in [6, 6.07) is 5.98. The first kappa shape index (κ1) is 9.26. The second-order valence-corrected chi connectivity index (χ2v) is 3.03. The molecule has 0 bridgehead atoms. The molecule has 1 heterocycles. The summed E-state index contributed by atoms with van der Waals surface area (Å²) in [5.74, 6) is -0.442. The molecule has 0 aliphatic carbocycles. The number of phenols is 1. The van der Waals surface area contributed by atoms with E-state index in [1.807, 2.05) is 0 Å². The fraction of sp³-hybridized carbons (Fsp3) is 0. The van der Waals surface area contributed by atoms with Gasteiger partial charge in [0.1, 0.15) is 11.4 Å². The van der Waals surface area contributed by atoms with Crippen LogP contribution in [0.4, 0.5) is 4.79 Å². The summed E-state index contributed by atoms with van der Waals surface area (Å²) >= 11 is 0. The Labute approximate surface area is 85.4 Å². The Kier molecular flexibility index (Phi) is 2.13. The molecular weight excluding hydrogens is 196 g/mol. The van der Waals surface area contributed by atoms with Crippen LogP contribution in [0.2, 0.25) is 0 Å². The Morgan fingerprint density at radius 3 is 2.47 bits per heavy atom. The van der Waals surface area contributed by atoms with E-state index in [-0.39, 0.29) is 11.4 Å².